The van der Waals surface area contributed by atoms with Gasteiger partial charge < -0.3 is 4.90 Å². The number of sulfone groups is 1. The van der Waals surface area contributed by atoms with E-state index in [2.05, 4.69) is 4.72 Å². The summed E-state index contributed by atoms with van der Waals surface area (Å²) in [7, 11) is -7.33. The number of hydrogen-bond donors (Lipinski definition) is 1. The fraction of sp³-hybridized carbons (Fsp3) is 0.381. The van der Waals surface area contributed by atoms with Gasteiger partial charge in [0.25, 0.3) is 15.9 Å². The zero-order valence-electron chi connectivity index (χ0n) is 16.9. The van der Waals surface area contributed by atoms with Gasteiger partial charge in [-0.15, -0.1) is 0 Å². The van der Waals surface area contributed by atoms with Crippen molar-refractivity contribution >= 4 is 31.5 Å². The van der Waals surface area contributed by atoms with Crippen molar-refractivity contribution < 1.29 is 26.0 Å². The highest BCUT2D eigenvalue weighted by Gasteiger charge is 2.46. The first-order chi connectivity index (χ1) is 14.6. The lowest BCUT2D eigenvalue weighted by atomic mass is 10.0. The molecule has 1 amide bonds. The summed E-state index contributed by atoms with van der Waals surface area (Å²) in [5.74, 6) is -1.13. The Kier molecular flexibility index (Phi) is 5.55. The van der Waals surface area contributed by atoms with Gasteiger partial charge in [0.15, 0.2) is 0 Å². The lowest BCUT2D eigenvalue weighted by Gasteiger charge is -2.38. The molecule has 2 fully saturated rings. The molecule has 2 heterocycles. The van der Waals surface area contributed by atoms with E-state index in [1.54, 1.807) is 17.0 Å². The predicted octanol–water partition coefficient (Wildman–Crippen LogP) is 2.81. The predicted molar refractivity (Wildman–Crippen MR) is 114 cm³/mol. The smallest absolute Gasteiger partial charge is 0.264 e. The molecule has 10 heteroatoms. The third-order valence-electron chi connectivity index (χ3n) is 6.02. The number of benzene rings is 2. The molecule has 2 aromatic carbocycles. The van der Waals surface area contributed by atoms with Gasteiger partial charge in [-0.25, -0.2) is 21.2 Å². The van der Waals surface area contributed by atoms with Crippen LogP contribution < -0.4 is 4.72 Å². The average Bonchev–Trinajstić information content (AvgIpc) is 2.95. The SMILES string of the molecule is CS(=O)(=O)C1CC2CCC(C1)N2C(=O)c1cccc(NS(=O)(=O)c2ccccc2F)c1. The fourth-order valence-corrected chi connectivity index (χ4v) is 6.82. The molecule has 0 radical (unpaired) electrons. The van der Waals surface area contributed by atoms with E-state index in [-0.39, 0.29) is 23.7 Å². The Morgan fingerprint density at radius 3 is 2.26 bits per heavy atom. The summed E-state index contributed by atoms with van der Waals surface area (Å²) in [6.07, 6.45) is 3.57. The van der Waals surface area contributed by atoms with E-state index in [1.165, 1.54) is 30.5 Å². The van der Waals surface area contributed by atoms with Crippen LogP contribution in [0.25, 0.3) is 0 Å². The van der Waals surface area contributed by atoms with E-state index in [0.29, 0.717) is 18.4 Å². The second kappa shape index (κ2) is 7.90. The van der Waals surface area contributed by atoms with Gasteiger partial charge in [0.05, 0.1) is 5.25 Å². The van der Waals surface area contributed by atoms with Crippen molar-refractivity contribution in [3.8, 4) is 0 Å². The van der Waals surface area contributed by atoms with Crippen LogP contribution in [0.3, 0.4) is 0 Å². The number of halogens is 1. The van der Waals surface area contributed by atoms with Gasteiger partial charge in [0.1, 0.15) is 20.5 Å². The van der Waals surface area contributed by atoms with Gasteiger partial charge in [0.2, 0.25) is 0 Å². The molecule has 2 saturated heterocycles. The van der Waals surface area contributed by atoms with Crippen molar-refractivity contribution in [1.82, 2.24) is 4.90 Å². The van der Waals surface area contributed by atoms with E-state index in [0.717, 1.165) is 25.0 Å². The minimum Gasteiger partial charge on any atom is -0.333 e. The number of piperidine rings is 1. The summed E-state index contributed by atoms with van der Waals surface area (Å²) in [4.78, 5) is 14.5. The maximum absolute atomic E-state index is 13.9. The fourth-order valence-electron chi connectivity index (χ4n) is 4.55. The molecule has 0 aromatic heterocycles. The number of nitrogens with one attached hydrogen (secondary N) is 1. The summed E-state index contributed by atoms with van der Waals surface area (Å²) in [5, 5.41) is -0.437. The molecule has 0 spiro atoms. The molecule has 0 aliphatic carbocycles. The molecule has 2 aliphatic heterocycles. The van der Waals surface area contributed by atoms with Gasteiger partial charge in [-0.05, 0) is 56.0 Å². The number of nitrogens with zero attached hydrogens (tertiary/aromatic N) is 1. The molecule has 31 heavy (non-hydrogen) atoms. The van der Waals surface area contributed by atoms with E-state index in [9.17, 15) is 26.0 Å². The molecule has 7 nitrogen and oxygen atoms in total. The number of amides is 1. The van der Waals surface area contributed by atoms with Crippen molar-refractivity contribution in [1.29, 1.82) is 0 Å². The van der Waals surface area contributed by atoms with Crippen LogP contribution >= 0.6 is 0 Å². The molecule has 2 aromatic rings. The van der Waals surface area contributed by atoms with Crippen LogP contribution in [0.1, 0.15) is 36.0 Å². The maximum atomic E-state index is 13.9. The summed E-state index contributed by atoms with van der Waals surface area (Å²) in [6.45, 7) is 0. The van der Waals surface area contributed by atoms with E-state index >= 15 is 0 Å². The maximum Gasteiger partial charge on any atom is 0.264 e. The quantitative estimate of drug-likeness (QED) is 0.730. The molecule has 166 valence electrons. The zero-order chi connectivity index (χ0) is 22.4. The molecule has 0 saturated carbocycles. The van der Waals surface area contributed by atoms with Gasteiger partial charge in [-0.1, -0.05) is 18.2 Å². The third-order valence-corrected chi connectivity index (χ3v) is 9.03. The highest BCUT2D eigenvalue weighted by atomic mass is 32.2. The Hall–Kier alpha value is -2.46. The molecule has 2 bridgehead atoms. The highest BCUT2D eigenvalue weighted by molar-refractivity contribution is 7.92. The lowest BCUT2D eigenvalue weighted by molar-refractivity contribution is 0.0598. The van der Waals surface area contributed by atoms with Crippen LogP contribution in [0.4, 0.5) is 10.1 Å². The minimum absolute atomic E-state index is 0.146. The summed E-state index contributed by atoms with van der Waals surface area (Å²) < 4.78 is 65.3. The highest BCUT2D eigenvalue weighted by Crippen LogP contribution is 2.39. The summed E-state index contributed by atoms with van der Waals surface area (Å²) >= 11 is 0. The van der Waals surface area contributed by atoms with Crippen LogP contribution in [0, 0.1) is 5.82 Å². The number of rotatable bonds is 5. The number of carbonyl (C=O) groups excluding carboxylic acids is 1. The molecule has 2 unspecified atom stereocenters. The Bertz CT molecular complexity index is 1220. The number of carbonyl (C=O) groups is 1. The van der Waals surface area contributed by atoms with Gasteiger partial charge in [0, 0.05) is 29.6 Å². The van der Waals surface area contributed by atoms with Crippen molar-refractivity contribution in [2.24, 2.45) is 0 Å². The zero-order valence-corrected chi connectivity index (χ0v) is 18.5. The number of sulfonamides is 1. The summed E-state index contributed by atoms with van der Waals surface area (Å²) in [6, 6.07) is 10.8. The second-order valence-electron chi connectivity index (χ2n) is 8.14. The Morgan fingerprint density at radius 2 is 1.65 bits per heavy atom. The Labute approximate surface area is 181 Å². The van der Waals surface area contributed by atoms with Crippen LogP contribution in [-0.4, -0.2) is 51.2 Å². The van der Waals surface area contributed by atoms with Crippen molar-refractivity contribution in [2.45, 2.75) is 47.9 Å². The van der Waals surface area contributed by atoms with Crippen molar-refractivity contribution in [3.63, 3.8) is 0 Å². The number of fused-ring (bicyclic) bond motifs is 2. The van der Waals surface area contributed by atoms with Crippen LogP contribution in [-0.2, 0) is 19.9 Å². The monoisotopic (exact) mass is 466 g/mol. The first kappa shape index (κ1) is 21.8. The first-order valence-corrected chi connectivity index (χ1v) is 13.4. The van der Waals surface area contributed by atoms with Crippen molar-refractivity contribution in [3.05, 3.63) is 59.9 Å². The minimum atomic E-state index is -4.16. The second-order valence-corrected chi connectivity index (χ2v) is 12.1. The van der Waals surface area contributed by atoms with Gasteiger partial charge >= 0.3 is 0 Å². The van der Waals surface area contributed by atoms with Gasteiger partial charge in [-0.3, -0.25) is 9.52 Å². The molecular weight excluding hydrogens is 443 g/mol. The van der Waals surface area contributed by atoms with Crippen LogP contribution in [0.15, 0.2) is 53.4 Å². The third kappa shape index (κ3) is 4.31. The van der Waals surface area contributed by atoms with Crippen LogP contribution in [0.5, 0.6) is 0 Å². The van der Waals surface area contributed by atoms with E-state index < -0.39 is 35.8 Å². The average molecular weight is 467 g/mol. The van der Waals surface area contributed by atoms with Gasteiger partial charge in [-0.2, -0.15) is 0 Å². The van der Waals surface area contributed by atoms with Crippen molar-refractivity contribution in [2.75, 3.05) is 11.0 Å². The van der Waals surface area contributed by atoms with E-state index in [1.807, 2.05) is 0 Å². The number of anilines is 1. The molecule has 1 N–H and O–H groups in total. The topological polar surface area (TPSA) is 101 Å². The largest absolute Gasteiger partial charge is 0.333 e. The first-order valence-electron chi connectivity index (χ1n) is 9.95. The van der Waals surface area contributed by atoms with Crippen LogP contribution in [0.2, 0.25) is 0 Å². The molecule has 2 aliphatic rings. The summed E-state index contributed by atoms with van der Waals surface area (Å²) in [5.41, 5.74) is 0.441. The standard InChI is InChI=1S/C21H23FN2O5S2/c1-30(26,27)18-12-16-9-10-17(13-18)24(16)21(25)14-5-4-6-15(11-14)23-31(28,29)20-8-3-2-7-19(20)22/h2-8,11,16-18,23H,9-10,12-13H2,1H3. The number of hydrogen-bond acceptors (Lipinski definition) is 5. The Balaban J connectivity index is 1.55. The Morgan fingerprint density at radius 1 is 1.00 bits per heavy atom. The molecule has 2 atom stereocenters. The lowest BCUT2D eigenvalue weighted by Crippen LogP contribution is -2.49. The van der Waals surface area contributed by atoms with E-state index in [4.69, 9.17) is 0 Å². The molecule has 4 rings (SSSR count). The normalized spacial score (nSPS) is 23.5. The molecular formula is C21H23FN2O5S2.